The molecule has 6 nitrogen and oxygen atoms in total. The molecule has 6 heteroatoms. The number of rotatable bonds is 4. The van der Waals surface area contributed by atoms with Crippen molar-refractivity contribution in [2.75, 3.05) is 18.9 Å². The number of nitrogens with two attached hydrogens (primary N) is 1. The Balaban J connectivity index is 2.15. The van der Waals surface area contributed by atoms with Crippen molar-refractivity contribution >= 4 is 11.4 Å². The highest BCUT2D eigenvalue weighted by molar-refractivity contribution is 5.59. The quantitative estimate of drug-likeness (QED) is 0.487. The molecular weight excluding hydrogens is 246 g/mol. The highest BCUT2D eigenvalue weighted by atomic mass is 16.6. The Morgan fingerprint density at radius 1 is 1.58 bits per heavy atom. The molecule has 1 aliphatic heterocycles. The van der Waals surface area contributed by atoms with E-state index in [2.05, 4.69) is 11.8 Å². The molecule has 0 saturated carbocycles. The molecule has 0 aliphatic carbocycles. The van der Waals surface area contributed by atoms with Crippen LogP contribution in [-0.2, 0) is 6.54 Å². The summed E-state index contributed by atoms with van der Waals surface area (Å²) < 4.78 is 0. The molecule has 0 spiro atoms. The summed E-state index contributed by atoms with van der Waals surface area (Å²) in [6.45, 7) is 3.76. The number of benzene rings is 1. The fourth-order valence-electron chi connectivity index (χ4n) is 2.66. The zero-order chi connectivity index (χ0) is 14.0. The van der Waals surface area contributed by atoms with Crippen molar-refractivity contribution in [2.45, 2.75) is 25.9 Å². The standard InChI is InChI=1S/C13H19N3O3/c1-9-4-5-15(13(9)8-17)7-10-2-3-11(14)12(6-10)16(18)19/h2-3,6,9,13,17H,4-5,7-8,14H2,1H3. The van der Waals surface area contributed by atoms with Gasteiger partial charge >= 0.3 is 0 Å². The van der Waals surface area contributed by atoms with Crippen LogP contribution in [0.2, 0.25) is 0 Å². The lowest BCUT2D eigenvalue weighted by molar-refractivity contribution is -0.384. The molecule has 1 fully saturated rings. The van der Waals surface area contributed by atoms with E-state index in [1.807, 2.05) is 0 Å². The van der Waals surface area contributed by atoms with Gasteiger partial charge in [-0.2, -0.15) is 0 Å². The third kappa shape index (κ3) is 2.85. The maximum Gasteiger partial charge on any atom is 0.292 e. The van der Waals surface area contributed by atoms with Gasteiger partial charge in [-0.15, -0.1) is 0 Å². The fraction of sp³-hybridized carbons (Fsp3) is 0.538. The molecule has 1 aromatic carbocycles. The summed E-state index contributed by atoms with van der Waals surface area (Å²) in [6.07, 6.45) is 1.04. The first-order chi connectivity index (χ1) is 9.02. The Morgan fingerprint density at radius 3 is 2.95 bits per heavy atom. The van der Waals surface area contributed by atoms with Gasteiger partial charge in [0, 0.05) is 18.7 Å². The maximum absolute atomic E-state index is 10.9. The van der Waals surface area contributed by atoms with Gasteiger partial charge in [0.2, 0.25) is 0 Å². The average Bonchev–Trinajstić information content (AvgIpc) is 2.72. The van der Waals surface area contributed by atoms with Gasteiger partial charge in [0.1, 0.15) is 5.69 Å². The molecule has 2 rings (SSSR count). The second-order valence-corrected chi connectivity index (χ2v) is 5.14. The molecule has 1 heterocycles. The molecule has 0 bridgehead atoms. The van der Waals surface area contributed by atoms with Gasteiger partial charge in [0.05, 0.1) is 11.5 Å². The van der Waals surface area contributed by atoms with E-state index in [0.29, 0.717) is 12.5 Å². The van der Waals surface area contributed by atoms with Crippen molar-refractivity contribution in [3.63, 3.8) is 0 Å². The Kier molecular flexibility index (Phi) is 4.01. The van der Waals surface area contributed by atoms with Crippen LogP contribution in [0.5, 0.6) is 0 Å². The minimum Gasteiger partial charge on any atom is -0.395 e. The summed E-state index contributed by atoms with van der Waals surface area (Å²) in [7, 11) is 0. The number of anilines is 1. The van der Waals surface area contributed by atoms with Crippen LogP contribution in [-0.4, -0.2) is 34.1 Å². The van der Waals surface area contributed by atoms with E-state index >= 15 is 0 Å². The first-order valence-corrected chi connectivity index (χ1v) is 6.40. The lowest BCUT2D eigenvalue weighted by Crippen LogP contribution is -2.34. The number of hydrogen-bond acceptors (Lipinski definition) is 5. The van der Waals surface area contributed by atoms with Gasteiger partial charge in [-0.05, 0) is 30.5 Å². The van der Waals surface area contributed by atoms with E-state index in [4.69, 9.17) is 5.73 Å². The molecule has 104 valence electrons. The molecule has 2 unspecified atom stereocenters. The van der Waals surface area contributed by atoms with Crippen molar-refractivity contribution in [1.82, 2.24) is 4.90 Å². The van der Waals surface area contributed by atoms with Crippen LogP contribution < -0.4 is 5.73 Å². The first-order valence-electron chi connectivity index (χ1n) is 6.40. The van der Waals surface area contributed by atoms with Crippen LogP contribution in [0.1, 0.15) is 18.9 Å². The third-order valence-corrected chi connectivity index (χ3v) is 3.86. The Morgan fingerprint density at radius 2 is 2.32 bits per heavy atom. The van der Waals surface area contributed by atoms with E-state index in [1.54, 1.807) is 12.1 Å². The SMILES string of the molecule is CC1CCN(Cc2ccc(N)c([N+](=O)[O-])c2)C1CO. The molecule has 19 heavy (non-hydrogen) atoms. The summed E-state index contributed by atoms with van der Waals surface area (Å²) in [5.74, 6) is 0.453. The second kappa shape index (κ2) is 5.54. The topological polar surface area (TPSA) is 92.6 Å². The molecular formula is C13H19N3O3. The van der Waals surface area contributed by atoms with E-state index in [-0.39, 0.29) is 24.0 Å². The minimum atomic E-state index is -0.463. The molecule has 3 N–H and O–H groups in total. The smallest absolute Gasteiger partial charge is 0.292 e. The monoisotopic (exact) mass is 265 g/mol. The highest BCUT2D eigenvalue weighted by Crippen LogP contribution is 2.28. The van der Waals surface area contributed by atoms with Gasteiger partial charge in [-0.25, -0.2) is 0 Å². The molecule has 2 atom stereocenters. The van der Waals surface area contributed by atoms with Gasteiger partial charge < -0.3 is 10.8 Å². The number of nitrogen functional groups attached to an aromatic ring is 1. The van der Waals surface area contributed by atoms with Gasteiger partial charge in [-0.3, -0.25) is 15.0 Å². The van der Waals surface area contributed by atoms with E-state index in [0.717, 1.165) is 18.5 Å². The summed E-state index contributed by atoms with van der Waals surface area (Å²) in [4.78, 5) is 12.6. The van der Waals surface area contributed by atoms with E-state index < -0.39 is 4.92 Å². The number of likely N-dealkylation sites (tertiary alicyclic amines) is 1. The van der Waals surface area contributed by atoms with Crippen LogP contribution in [0.25, 0.3) is 0 Å². The molecule has 0 aromatic heterocycles. The van der Waals surface area contributed by atoms with Gasteiger partial charge in [0.25, 0.3) is 5.69 Å². The number of hydrogen-bond donors (Lipinski definition) is 2. The van der Waals surface area contributed by atoms with Crippen LogP contribution in [0.15, 0.2) is 18.2 Å². The lowest BCUT2D eigenvalue weighted by Gasteiger charge is -2.24. The van der Waals surface area contributed by atoms with Crippen molar-refractivity contribution in [2.24, 2.45) is 5.92 Å². The largest absolute Gasteiger partial charge is 0.395 e. The summed E-state index contributed by atoms with van der Waals surface area (Å²) in [5.41, 5.74) is 6.57. The predicted molar refractivity (Wildman–Crippen MR) is 72.6 cm³/mol. The van der Waals surface area contributed by atoms with Crippen molar-refractivity contribution in [3.8, 4) is 0 Å². The third-order valence-electron chi connectivity index (χ3n) is 3.86. The highest BCUT2D eigenvalue weighted by Gasteiger charge is 2.30. The van der Waals surface area contributed by atoms with Gasteiger partial charge in [-0.1, -0.05) is 13.0 Å². The predicted octanol–water partition coefficient (Wildman–Crippen LogP) is 1.38. The second-order valence-electron chi connectivity index (χ2n) is 5.14. The minimum absolute atomic E-state index is 0.0507. The lowest BCUT2D eigenvalue weighted by atomic mass is 10.0. The van der Waals surface area contributed by atoms with Crippen LogP contribution in [0.4, 0.5) is 11.4 Å². The average molecular weight is 265 g/mol. The first kappa shape index (κ1) is 13.8. The fourth-order valence-corrected chi connectivity index (χ4v) is 2.66. The molecule has 0 amide bonds. The van der Waals surface area contributed by atoms with Crippen molar-refractivity contribution in [1.29, 1.82) is 0 Å². The number of nitrogens with zero attached hydrogens (tertiary/aromatic N) is 2. The number of nitro benzene ring substituents is 1. The summed E-state index contributed by atoms with van der Waals surface area (Å²) in [6, 6.07) is 5.03. The molecule has 1 aromatic rings. The van der Waals surface area contributed by atoms with E-state index in [1.165, 1.54) is 6.07 Å². The Labute approximate surface area is 112 Å². The number of nitro groups is 1. The zero-order valence-corrected chi connectivity index (χ0v) is 11.0. The van der Waals surface area contributed by atoms with Crippen LogP contribution >= 0.6 is 0 Å². The molecule has 0 radical (unpaired) electrons. The summed E-state index contributed by atoms with van der Waals surface area (Å²) >= 11 is 0. The molecule has 1 aliphatic rings. The number of aliphatic hydroxyl groups excluding tert-OH is 1. The summed E-state index contributed by atoms with van der Waals surface area (Å²) in [5, 5.41) is 20.3. The zero-order valence-electron chi connectivity index (χ0n) is 11.0. The Bertz CT molecular complexity index is 478. The number of aliphatic hydroxyl groups is 1. The van der Waals surface area contributed by atoms with Crippen molar-refractivity contribution < 1.29 is 10.0 Å². The van der Waals surface area contributed by atoms with Crippen LogP contribution in [0.3, 0.4) is 0 Å². The van der Waals surface area contributed by atoms with Crippen molar-refractivity contribution in [3.05, 3.63) is 33.9 Å². The molecule has 1 saturated heterocycles. The van der Waals surface area contributed by atoms with Crippen LogP contribution in [0, 0.1) is 16.0 Å². The van der Waals surface area contributed by atoms with E-state index in [9.17, 15) is 15.2 Å². The van der Waals surface area contributed by atoms with Gasteiger partial charge in [0.15, 0.2) is 0 Å². The Hall–Kier alpha value is -1.66. The maximum atomic E-state index is 10.9. The normalized spacial score (nSPS) is 23.7.